The van der Waals surface area contributed by atoms with E-state index in [0.717, 1.165) is 28.3 Å². The molecule has 0 aliphatic rings. The summed E-state index contributed by atoms with van der Waals surface area (Å²) in [4.78, 5) is 13.2. The van der Waals surface area contributed by atoms with Crippen LogP contribution in [0, 0.1) is 0 Å². The second kappa shape index (κ2) is 10.6. The number of hydrogen-bond acceptors (Lipinski definition) is 5. The van der Waals surface area contributed by atoms with E-state index in [1.807, 2.05) is 80.1 Å². The molecule has 0 bridgehead atoms. The van der Waals surface area contributed by atoms with Gasteiger partial charge >= 0.3 is 0 Å². The highest BCUT2D eigenvalue weighted by molar-refractivity contribution is 7.99. The number of hydrogen-bond donors (Lipinski definition) is 2. The van der Waals surface area contributed by atoms with Gasteiger partial charge in [0.05, 0.1) is 12.0 Å². The minimum atomic E-state index is -0.111. The molecule has 0 aliphatic heterocycles. The number of rotatable bonds is 6. The summed E-state index contributed by atoms with van der Waals surface area (Å²) in [6.07, 6.45) is 1.96. The number of thiophene rings is 1. The van der Waals surface area contributed by atoms with Crippen molar-refractivity contribution in [2.75, 3.05) is 23.4 Å². The summed E-state index contributed by atoms with van der Waals surface area (Å²) >= 11 is 2.94. The summed E-state index contributed by atoms with van der Waals surface area (Å²) in [5.74, 6) is 0.688. The summed E-state index contributed by atoms with van der Waals surface area (Å²) in [7, 11) is 1.64. The lowest BCUT2D eigenvalue weighted by molar-refractivity contribution is 0.103. The molecule has 0 spiro atoms. The summed E-state index contributed by atoms with van der Waals surface area (Å²) in [6.45, 7) is 4.00. The fraction of sp³-hybridized carbons (Fsp3) is 0.190. The second-order valence-corrected chi connectivity index (χ2v) is 6.80. The number of ether oxygens (including phenoxy) is 1. The number of carbonyl (C=O) groups excluding carboxylic acids is 1. The first-order valence-corrected chi connectivity index (χ1v) is 10.7. The lowest BCUT2D eigenvalue weighted by atomic mass is 10.1. The fourth-order valence-corrected chi connectivity index (χ4v) is 3.55. The Bertz CT molecular complexity index is 878. The first kappa shape index (κ1) is 20.9. The van der Waals surface area contributed by atoms with Gasteiger partial charge in [0.25, 0.3) is 5.91 Å². The van der Waals surface area contributed by atoms with Crippen LogP contribution in [0.3, 0.4) is 0 Å². The van der Waals surface area contributed by atoms with Gasteiger partial charge in [0, 0.05) is 17.6 Å². The summed E-state index contributed by atoms with van der Waals surface area (Å²) in [6, 6.07) is 17.4. The highest BCUT2D eigenvalue weighted by Gasteiger charge is 2.11. The molecule has 0 radical (unpaired) electrons. The highest BCUT2D eigenvalue weighted by Crippen LogP contribution is 2.29. The first-order valence-electron chi connectivity index (χ1n) is 8.63. The molecule has 3 rings (SSSR count). The minimum Gasteiger partial charge on any atom is -0.497 e. The molecule has 6 heteroatoms. The molecule has 0 aliphatic carbocycles. The van der Waals surface area contributed by atoms with E-state index in [2.05, 4.69) is 10.0 Å². The molecule has 1 amide bonds. The maximum absolute atomic E-state index is 12.5. The van der Waals surface area contributed by atoms with Crippen molar-refractivity contribution < 1.29 is 9.53 Å². The summed E-state index contributed by atoms with van der Waals surface area (Å²) in [5, 5.41) is 4.92. The molecule has 0 saturated heterocycles. The van der Waals surface area contributed by atoms with Crippen LogP contribution in [0.1, 0.15) is 23.5 Å². The van der Waals surface area contributed by atoms with E-state index in [1.165, 1.54) is 23.3 Å². The molecule has 2 N–H and O–H groups in total. The quantitative estimate of drug-likeness (QED) is 0.471. The number of amides is 1. The molecule has 0 saturated carbocycles. The van der Waals surface area contributed by atoms with Gasteiger partial charge in [0.1, 0.15) is 5.75 Å². The Hall–Kier alpha value is -2.44. The van der Waals surface area contributed by atoms with Crippen molar-refractivity contribution in [2.45, 2.75) is 13.8 Å². The second-order valence-electron chi connectivity index (χ2n) is 5.27. The van der Waals surface area contributed by atoms with Crippen LogP contribution >= 0.6 is 23.3 Å². The Morgan fingerprint density at radius 1 is 1.00 bits per heavy atom. The number of carbonyl (C=O) groups is 1. The van der Waals surface area contributed by atoms with Gasteiger partial charge in [-0.15, -0.1) is 11.3 Å². The summed E-state index contributed by atoms with van der Waals surface area (Å²) < 4.78 is 8.41. The zero-order chi connectivity index (χ0) is 19.6. The third kappa shape index (κ3) is 5.77. The average molecular weight is 401 g/mol. The molecule has 4 nitrogen and oxygen atoms in total. The van der Waals surface area contributed by atoms with Crippen molar-refractivity contribution in [3.8, 4) is 16.9 Å². The van der Waals surface area contributed by atoms with E-state index in [9.17, 15) is 4.79 Å². The minimum absolute atomic E-state index is 0.111. The van der Waals surface area contributed by atoms with Gasteiger partial charge in [-0.05, 0) is 52.9 Å². The van der Waals surface area contributed by atoms with Gasteiger partial charge in [-0.2, -0.15) is 0 Å². The van der Waals surface area contributed by atoms with Crippen LogP contribution in [-0.4, -0.2) is 19.3 Å². The topological polar surface area (TPSA) is 50.4 Å². The summed E-state index contributed by atoms with van der Waals surface area (Å²) in [5.41, 5.74) is 3.75. The van der Waals surface area contributed by atoms with Crippen molar-refractivity contribution >= 4 is 40.6 Å². The fourth-order valence-electron chi connectivity index (χ4n) is 2.38. The third-order valence-electron chi connectivity index (χ3n) is 3.57. The molecule has 1 heterocycles. The molecule has 2 aromatic carbocycles. The molecule has 0 atom stereocenters. The molecule has 0 unspecified atom stereocenters. The van der Waals surface area contributed by atoms with Crippen LogP contribution in [0.4, 0.5) is 11.4 Å². The maximum Gasteiger partial charge on any atom is 0.265 e. The SMILES string of the molecule is CC.COc1cccc(-c2csc(C(=O)Nc3cccc(NSC)c3)c2)c1. The lowest BCUT2D eigenvalue weighted by Gasteiger charge is -2.07. The Morgan fingerprint density at radius 2 is 1.74 bits per heavy atom. The van der Waals surface area contributed by atoms with Gasteiger partial charge in [-0.25, -0.2) is 0 Å². The molecule has 142 valence electrons. The van der Waals surface area contributed by atoms with Crippen molar-refractivity contribution in [3.05, 3.63) is 64.9 Å². The Labute approximate surface area is 169 Å². The van der Waals surface area contributed by atoms with Crippen molar-refractivity contribution in [3.63, 3.8) is 0 Å². The van der Waals surface area contributed by atoms with E-state index in [1.54, 1.807) is 7.11 Å². The monoisotopic (exact) mass is 400 g/mol. The number of benzene rings is 2. The zero-order valence-electron chi connectivity index (χ0n) is 15.9. The van der Waals surface area contributed by atoms with Crippen LogP contribution in [0.5, 0.6) is 5.75 Å². The Kier molecular flexibility index (Phi) is 8.23. The third-order valence-corrected chi connectivity index (χ3v) is 4.94. The van der Waals surface area contributed by atoms with Crippen LogP contribution in [0.2, 0.25) is 0 Å². The standard InChI is InChI=1S/C19H18N2O2S2.C2H6/c1-23-17-8-3-5-13(9-17)14-10-18(25-12-14)19(22)20-15-6-4-7-16(11-15)21-24-2;1-2/h3-12,21H,1-2H3,(H,20,22);1-2H3. The molecule has 0 fully saturated rings. The predicted octanol–water partition coefficient (Wildman–Crippen LogP) is 6.39. The van der Waals surface area contributed by atoms with Gasteiger partial charge in [-0.1, -0.05) is 44.0 Å². The normalized spacial score (nSPS) is 9.78. The van der Waals surface area contributed by atoms with Crippen molar-refractivity contribution in [2.24, 2.45) is 0 Å². The highest BCUT2D eigenvalue weighted by atomic mass is 32.2. The van der Waals surface area contributed by atoms with Crippen LogP contribution in [0.25, 0.3) is 11.1 Å². The van der Waals surface area contributed by atoms with Crippen LogP contribution in [-0.2, 0) is 0 Å². The number of anilines is 2. The van der Waals surface area contributed by atoms with Gasteiger partial charge in [-0.3, -0.25) is 4.79 Å². The van der Waals surface area contributed by atoms with Gasteiger partial charge < -0.3 is 14.8 Å². The van der Waals surface area contributed by atoms with Crippen molar-refractivity contribution in [1.29, 1.82) is 0 Å². The van der Waals surface area contributed by atoms with E-state index in [4.69, 9.17) is 4.74 Å². The Morgan fingerprint density at radius 3 is 2.48 bits per heavy atom. The number of nitrogens with one attached hydrogen (secondary N) is 2. The Balaban J connectivity index is 0.00000126. The van der Waals surface area contributed by atoms with Gasteiger partial charge in [0.15, 0.2) is 0 Å². The molecule has 3 aromatic rings. The smallest absolute Gasteiger partial charge is 0.265 e. The number of methoxy groups -OCH3 is 1. The molecule has 27 heavy (non-hydrogen) atoms. The maximum atomic E-state index is 12.5. The van der Waals surface area contributed by atoms with Gasteiger partial charge in [0.2, 0.25) is 0 Å². The molecular formula is C21H24N2O2S2. The van der Waals surface area contributed by atoms with E-state index < -0.39 is 0 Å². The lowest BCUT2D eigenvalue weighted by Crippen LogP contribution is -2.10. The van der Waals surface area contributed by atoms with Crippen molar-refractivity contribution in [1.82, 2.24) is 0 Å². The van der Waals surface area contributed by atoms with Crippen LogP contribution < -0.4 is 14.8 Å². The predicted molar refractivity (Wildman–Crippen MR) is 119 cm³/mol. The largest absolute Gasteiger partial charge is 0.497 e. The van der Waals surface area contributed by atoms with E-state index in [-0.39, 0.29) is 5.91 Å². The zero-order valence-corrected chi connectivity index (χ0v) is 17.5. The van der Waals surface area contributed by atoms with E-state index >= 15 is 0 Å². The first-order chi connectivity index (χ1) is 13.2. The molecular weight excluding hydrogens is 376 g/mol. The molecule has 1 aromatic heterocycles. The van der Waals surface area contributed by atoms with Crippen LogP contribution in [0.15, 0.2) is 60.0 Å². The average Bonchev–Trinajstić information content (AvgIpc) is 3.21. The van der Waals surface area contributed by atoms with E-state index in [0.29, 0.717) is 4.88 Å².